The normalized spacial score (nSPS) is 11.1. The van der Waals surface area contributed by atoms with Crippen LogP contribution in [0, 0.1) is 19.8 Å². The van der Waals surface area contributed by atoms with E-state index in [1.54, 1.807) is 6.26 Å². The number of nitrogens with one attached hydrogen (secondary N) is 1. The second-order valence-corrected chi connectivity index (χ2v) is 5.93. The van der Waals surface area contributed by atoms with Crippen molar-refractivity contribution in [2.24, 2.45) is 5.92 Å². The Hall–Kier alpha value is -1.74. The van der Waals surface area contributed by atoms with Crippen LogP contribution in [-0.4, -0.2) is 6.54 Å². The third-order valence-corrected chi connectivity index (χ3v) is 3.51. The fourth-order valence-corrected chi connectivity index (χ4v) is 2.13. The van der Waals surface area contributed by atoms with E-state index in [1.807, 2.05) is 12.1 Å². The summed E-state index contributed by atoms with van der Waals surface area (Å²) in [5.74, 6) is 2.44. The van der Waals surface area contributed by atoms with Crippen molar-refractivity contribution >= 4 is 0 Å². The summed E-state index contributed by atoms with van der Waals surface area (Å²) in [5.41, 5.74) is 3.59. The lowest BCUT2D eigenvalue weighted by molar-refractivity contribution is 0.268. The van der Waals surface area contributed by atoms with Gasteiger partial charge < -0.3 is 14.5 Å². The summed E-state index contributed by atoms with van der Waals surface area (Å²) in [6.07, 6.45) is 1.80. The summed E-state index contributed by atoms with van der Waals surface area (Å²) in [6, 6.07) is 8.16. The van der Waals surface area contributed by atoms with Gasteiger partial charge in [0, 0.05) is 12.1 Å². The lowest BCUT2D eigenvalue weighted by Gasteiger charge is -2.09. The van der Waals surface area contributed by atoms with Gasteiger partial charge in [0.1, 0.15) is 18.1 Å². The van der Waals surface area contributed by atoms with E-state index < -0.39 is 0 Å². The van der Waals surface area contributed by atoms with E-state index in [4.69, 9.17) is 9.15 Å². The highest BCUT2D eigenvalue weighted by Crippen LogP contribution is 2.22. The highest BCUT2D eigenvalue weighted by molar-refractivity contribution is 5.38. The zero-order valence-corrected chi connectivity index (χ0v) is 13.4. The number of hydrogen-bond donors (Lipinski definition) is 1. The summed E-state index contributed by atoms with van der Waals surface area (Å²) >= 11 is 0. The Labute approximate surface area is 127 Å². The Morgan fingerprint density at radius 2 is 2.05 bits per heavy atom. The van der Waals surface area contributed by atoms with E-state index in [0.29, 0.717) is 12.5 Å². The smallest absolute Gasteiger partial charge is 0.146 e. The number of aryl methyl sites for hydroxylation is 1. The van der Waals surface area contributed by atoms with Crippen molar-refractivity contribution in [2.75, 3.05) is 6.54 Å². The minimum atomic E-state index is 0.467. The molecular weight excluding hydrogens is 262 g/mol. The van der Waals surface area contributed by atoms with Gasteiger partial charge in [-0.25, -0.2) is 0 Å². The molecule has 0 fully saturated rings. The van der Waals surface area contributed by atoms with E-state index in [9.17, 15) is 0 Å². The highest BCUT2D eigenvalue weighted by atomic mass is 16.5. The molecule has 1 aromatic heterocycles. The molecule has 0 saturated heterocycles. The molecule has 0 unspecified atom stereocenters. The van der Waals surface area contributed by atoms with Crippen LogP contribution < -0.4 is 10.1 Å². The van der Waals surface area contributed by atoms with Crippen molar-refractivity contribution in [1.29, 1.82) is 0 Å². The number of ether oxygens (including phenoxy) is 1. The first-order valence-electron chi connectivity index (χ1n) is 7.52. The molecule has 114 valence electrons. The minimum Gasteiger partial charge on any atom is -0.485 e. The molecular formula is C18H25NO2. The number of hydrogen-bond acceptors (Lipinski definition) is 3. The minimum absolute atomic E-state index is 0.467. The largest absolute Gasteiger partial charge is 0.485 e. The molecule has 0 saturated carbocycles. The molecule has 0 radical (unpaired) electrons. The van der Waals surface area contributed by atoms with Gasteiger partial charge in [-0.2, -0.15) is 0 Å². The fraction of sp³-hybridized carbons (Fsp3) is 0.444. The van der Waals surface area contributed by atoms with Crippen LogP contribution in [-0.2, 0) is 13.2 Å². The van der Waals surface area contributed by atoms with Crippen LogP contribution in [0.1, 0.15) is 36.3 Å². The van der Waals surface area contributed by atoms with Crippen molar-refractivity contribution in [3.05, 3.63) is 53.0 Å². The third-order valence-electron chi connectivity index (χ3n) is 3.51. The molecule has 1 heterocycles. The first kappa shape index (κ1) is 15.6. The molecule has 3 heteroatoms. The molecule has 1 N–H and O–H groups in total. The predicted molar refractivity (Wildman–Crippen MR) is 85.5 cm³/mol. The average molecular weight is 287 g/mol. The van der Waals surface area contributed by atoms with Gasteiger partial charge in [0.25, 0.3) is 0 Å². The number of rotatable bonds is 7. The van der Waals surface area contributed by atoms with Crippen LogP contribution in [0.2, 0.25) is 0 Å². The predicted octanol–water partition coefficient (Wildman–Crippen LogP) is 4.22. The van der Waals surface area contributed by atoms with Gasteiger partial charge in [-0.3, -0.25) is 0 Å². The van der Waals surface area contributed by atoms with E-state index in [2.05, 4.69) is 45.1 Å². The van der Waals surface area contributed by atoms with E-state index in [-0.39, 0.29) is 0 Å². The van der Waals surface area contributed by atoms with Gasteiger partial charge in [0.05, 0.1) is 6.26 Å². The Morgan fingerprint density at radius 1 is 1.24 bits per heavy atom. The molecule has 0 atom stereocenters. The third kappa shape index (κ3) is 4.64. The second-order valence-electron chi connectivity index (χ2n) is 5.93. The van der Waals surface area contributed by atoms with Crippen LogP contribution >= 0.6 is 0 Å². The highest BCUT2D eigenvalue weighted by Gasteiger charge is 2.06. The van der Waals surface area contributed by atoms with E-state index in [1.165, 1.54) is 11.1 Å². The van der Waals surface area contributed by atoms with Crippen LogP contribution in [0.3, 0.4) is 0 Å². The van der Waals surface area contributed by atoms with Crippen molar-refractivity contribution in [3.8, 4) is 5.75 Å². The van der Waals surface area contributed by atoms with Gasteiger partial charge in [-0.15, -0.1) is 0 Å². The van der Waals surface area contributed by atoms with Gasteiger partial charge in [-0.05, 0) is 49.6 Å². The maximum absolute atomic E-state index is 5.85. The maximum atomic E-state index is 5.85. The van der Waals surface area contributed by atoms with Gasteiger partial charge in [-0.1, -0.05) is 26.0 Å². The molecule has 0 aliphatic heterocycles. The molecule has 1 aromatic carbocycles. The Balaban J connectivity index is 1.86. The van der Waals surface area contributed by atoms with Crippen LogP contribution in [0.4, 0.5) is 0 Å². The molecule has 2 rings (SSSR count). The van der Waals surface area contributed by atoms with E-state index in [0.717, 1.165) is 30.2 Å². The summed E-state index contributed by atoms with van der Waals surface area (Å²) in [5, 5.41) is 3.40. The Kier molecular flexibility index (Phi) is 5.45. The SMILES string of the molecule is Cc1cccc(OCc2cc(CNCC(C)C)co2)c1C. The van der Waals surface area contributed by atoms with Crippen molar-refractivity contribution < 1.29 is 9.15 Å². The lowest BCUT2D eigenvalue weighted by Crippen LogP contribution is -2.18. The summed E-state index contributed by atoms with van der Waals surface area (Å²) in [4.78, 5) is 0. The molecule has 0 bridgehead atoms. The van der Waals surface area contributed by atoms with Gasteiger partial charge in [0.2, 0.25) is 0 Å². The second kappa shape index (κ2) is 7.32. The quantitative estimate of drug-likeness (QED) is 0.828. The van der Waals surface area contributed by atoms with Crippen LogP contribution in [0.5, 0.6) is 5.75 Å². The van der Waals surface area contributed by atoms with Gasteiger partial charge in [0.15, 0.2) is 0 Å². The zero-order valence-electron chi connectivity index (χ0n) is 13.4. The summed E-state index contributed by atoms with van der Waals surface area (Å²) < 4.78 is 11.4. The Bertz CT molecular complexity index is 572. The summed E-state index contributed by atoms with van der Waals surface area (Å²) in [6.45, 7) is 10.9. The molecule has 0 aliphatic rings. The first-order valence-corrected chi connectivity index (χ1v) is 7.52. The molecule has 0 amide bonds. The number of furan rings is 1. The molecule has 2 aromatic rings. The lowest BCUT2D eigenvalue weighted by atomic mass is 10.1. The van der Waals surface area contributed by atoms with Crippen molar-refractivity contribution in [1.82, 2.24) is 5.32 Å². The molecule has 21 heavy (non-hydrogen) atoms. The summed E-state index contributed by atoms with van der Waals surface area (Å²) in [7, 11) is 0. The van der Waals surface area contributed by atoms with Crippen LogP contribution in [0.25, 0.3) is 0 Å². The topological polar surface area (TPSA) is 34.4 Å². The zero-order chi connectivity index (χ0) is 15.2. The maximum Gasteiger partial charge on any atom is 0.146 e. The van der Waals surface area contributed by atoms with Gasteiger partial charge >= 0.3 is 0 Å². The molecule has 3 nitrogen and oxygen atoms in total. The standard InChI is InChI=1S/C18H25NO2/c1-13(2)9-19-10-16-8-17(20-11-16)12-21-18-7-5-6-14(3)15(18)4/h5-8,11,13,19H,9-10,12H2,1-4H3. The Morgan fingerprint density at radius 3 is 2.81 bits per heavy atom. The number of benzene rings is 1. The molecule has 0 spiro atoms. The van der Waals surface area contributed by atoms with Crippen molar-refractivity contribution in [2.45, 2.75) is 40.8 Å². The first-order chi connectivity index (χ1) is 10.1. The van der Waals surface area contributed by atoms with E-state index >= 15 is 0 Å². The molecule has 0 aliphatic carbocycles. The van der Waals surface area contributed by atoms with Crippen molar-refractivity contribution in [3.63, 3.8) is 0 Å². The van der Waals surface area contributed by atoms with Crippen LogP contribution in [0.15, 0.2) is 34.9 Å². The fourth-order valence-electron chi connectivity index (χ4n) is 2.13. The monoisotopic (exact) mass is 287 g/mol. The average Bonchev–Trinajstić information content (AvgIpc) is 2.88.